The minimum atomic E-state index is -4.84. The highest BCUT2D eigenvalue weighted by Crippen LogP contribution is 2.31. The summed E-state index contributed by atoms with van der Waals surface area (Å²) in [5.41, 5.74) is -0.186. The van der Waals surface area contributed by atoms with E-state index in [4.69, 9.17) is 0 Å². The number of aromatic nitrogens is 1. The number of nitrogens with zero attached hydrogens (tertiary/aromatic N) is 3. The van der Waals surface area contributed by atoms with Crippen molar-refractivity contribution in [3.63, 3.8) is 0 Å². The zero-order valence-electron chi connectivity index (χ0n) is 13.9. The van der Waals surface area contributed by atoms with Gasteiger partial charge in [-0.1, -0.05) is 10.8 Å². The lowest BCUT2D eigenvalue weighted by atomic mass is 10.3. The maximum atomic E-state index is 12.0. The second-order valence-electron chi connectivity index (χ2n) is 5.30. The molecule has 1 aromatic rings. The summed E-state index contributed by atoms with van der Waals surface area (Å²) in [5.74, 6) is -2.95. The van der Waals surface area contributed by atoms with E-state index < -0.39 is 38.1 Å². The molecule has 15 heteroatoms. The number of pyridine rings is 1. The van der Waals surface area contributed by atoms with Crippen LogP contribution in [0.1, 0.15) is 19.3 Å². The summed E-state index contributed by atoms with van der Waals surface area (Å²) in [6, 6.07) is 2.65. The maximum Gasteiger partial charge on any atom is 0.353 e. The molecule has 1 N–H and O–H groups in total. The SMILES string of the molecule is O=C(ON1C(=O)CCC1=O)C(CCSSc1ccc([N+](=O)[O-])cn1)S(=O)(=O)O. The predicted molar refractivity (Wildman–Crippen MR) is 96.3 cm³/mol. The van der Waals surface area contributed by atoms with Crippen molar-refractivity contribution in [3.8, 4) is 0 Å². The highest BCUT2D eigenvalue weighted by atomic mass is 33.1. The number of hydrogen-bond donors (Lipinski definition) is 1. The van der Waals surface area contributed by atoms with Gasteiger partial charge in [0.05, 0.1) is 4.92 Å². The number of amides is 2. The Morgan fingerprint density at radius 2 is 2.00 bits per heavy atom. The lowest BCUT2D eigenvalue weighted by Crippen LogP contribution is -2.39. The van der Waals surface area contributed by atoms with Gasteiger partial charge in [0.25, 0.3) is 27.6 Å². The van der Waals surface area contributed by atoms with Crippen LogP contribution in [0.4, 0.5) is 5.69 Å². The molecule has 2 amide bonds. The van der Waals surface area contributed by atoms with Gasteiger partial charge >= 0.3 is 5.97 Å². The van der Waals surface area contributed by atoms with E-state index in [-0.39, 0.29) is 35.8 Å². The molecule has 1 atom stereocenters. The minimum Gasteiger partial charge on any atom is -0.329 e. The first-order chi connectivity index (χ1) is 13.1. The molecule has 0 radical (unpaired) electrons. The van der Waals surface area contributed by atoms with Gasteiger partial charge in [0.2, 0.25) is 0 Å². The largest absolute Gasteiger partial charge is 0.353 e. The van der Waals surface area contributed by atoms with E-state index in [9.17, 15) is 37.5 Å². The fourth-order valence-corrected chi connectivity index (χ4v) is 4.79. The summed E-state index contributed by atoms with van der Waals surface area (Å²) >= 11 is 0. The molecule has 0 spiro atoms. The van der Waals surface area contributed by atoms with E-state index >= 15 is 0 Å². The van der Waals surface area contributed by atoms with Gasteiger partial charge in [-0.3, -0.25) is 24.3 Å². The van der Waals surface area contributed by atoms with Gasteiger partial charge in [-0.15, -0.1) is 5.06 Å². The van der Waals surface area contributed by atoms with Gasteiger partial charge in [0.1, 0.15) is 11.2 Å². The molecule has 1 fully saturated rings. The predicted octanol–water partition coefficient (Wildman–Crippen LogP) is 0.984. The van der Waals surface area contributed by atoms with Crippen molar-refractivity contribution in [3.05, 3.63) is 28.4 Å². The third-order valence-corrected chi connectivity index (χ3v) is 6.79. The van der Waals surface area contributed by atoms with Crippen molar-refractivity contribution in [2.45, 2.75) is 29.5 Å². The van der Waals surface area contributed by atoms with Crippen molar-refractivity contribution in [1.82, 2.24) is 10.0 Å². The average molecular weight is 451 g/mol. The Kier molecular flexibility index (Phi) is 7.34. The first kappa shape index (κ1) is 22.1. The van der Waals surface area contributed by atoms with Crippen LogP contribution >= 0.6 is 21.6 Å². The summed E-state index contributed by atoms with van der Waals surface area (Å²) in [5, 5.41) is 9.18. The summed E-state index contributed by atoms with van der Waals surface area (Å²) < 4.78 is 32.1. The van der Waals surface area contributed by atoms with Crippen LogP contribution in [0.2, 0.25) is 0 Å². The topological polar surface area (TPSA) is 174 Å². The molecule has 0 aliphatic carbocycles. The van der Waals surface area contributed by atoms with E-state index in [0.717, 1.165) is 27.8 Å². The molecule has 2 heterocycles. The van der Waals surface area contributed by atoms with E-state index in [2.05, 4.69) is 9.82 Å². The fourth-order valence-electron chi connectivity index (χ4n) is 1.98. The Morgan fingerprint density at radius 1 is 1.36 bits per heavy atom. The second kappa shape index (κ2) is 9.31. The number of imide groups is 1. The van der Waals surface area contributed by atoms with Crippen LogP contribution in [0.3, 0.4) is 0 Å². The van der Waals surface area contributed by atoms with Crippen molar-refractivity contribution in [2.75, 3.05) is 5.75 Å². The van der Waals surface area contributed by atoms with Gasteiger partial charge < -0.3 is 4.84 Å². The Labute approximate surface area is 166 Å². The number of hydrogen-bond acceptors (Lipinski definition) is 11. The average Bonchev–Trinajstić information content (AvgIpc) is 2.92. The zero-order chi connectivity index (χ0) is 20.9. The van der Waals surface area contributed by atoms with Gasteiger partial charge in [-0.2, -0.15) is 8.42 Å². The first-order valence-corrected chi connectivity index (χ1v) is 11.4. The second-order valence-corrected chi connectivity index (χ2v) is 9.34. The van der Waals surface area contributed by atoms with E-state index in [1.807, 2.05) is 0 Å². The lowest BCUT2D eigenvalue weighted by molar-refractivity contribution is -0.385. The van der Waals surface area contributed by atoms with Crippen LogP contribution < -0.4 is 0 Å². The third kappa shape index (κ3) is 5.88. The van der Waals surface area contributed by atoms with Gasteiger partial charge in [0, 0.05) is 24.7 Å². The molecule has 2 rings (SSSR count). The number of hydroxylamine groups is 2. The van der Waals surface area contributed by atoms with Gasteiger partial charge in [-0.05, 0) is 23.3 Å². The molecule has 1 aliphatic heterocycles. The lowest BCUT2D eigenvalue weighted by Gasteiger charge is -2.17. The summed E-state index contributed by atoms with van der Waals surface area (Å²) in [4.78, 5) is 53.2. The Hall–Kier alpha value is -2.23. The molecule has 152 valence electrons. The molecule has 12 nitrogen and oxygen atoms in total. The van der Waals surface area contributed by atoms with Crippen molar-refractivity contribution < 1.29 is 37.1 Å². The van der Waals surface area contributed by atoms with E-state index in [1.54, 1.807) is 0 Å². The Balaban J connectivity index is 1.90. The standard InChI is InChI=1S/C13H13N3O9S3/c17-11-3-4-12(18)15(11)25-13(19)9(28(22,23)24)5-6-26-27-10-2-1-8(7-14-10)16(20)21/h1-2,7,9H,3-6H2,(H,22,23,24). The molecule has 0 bridgehead atoms. The highest BCUT2D eigenvalue weighted by molar-refractivity contribution is 8.76. The molecular formula is C13H13N3O9S3. The summed E-state index contributed by atoms with van der Waals surface area (Å²) in [7, 11) is -2.68. The van der Waals surface area contributed by atoms with Crippen LogP contribution in [0, 0.1) is 10.1 Å². The fraction of sp³-hybridized carbons (Fsp3) is 0.385. The van der Waals surface area contributed by atoms with Gasteiger partial charge in [-0.25, -0.2) is 9.78 Å². The molecule has 28 heavy (non-hydrogen) atoms. The quantitative estimate of drug-likeness (QED) is 0.141. The molecule has 1 saturated heterocycles. The van der Waals surface area contributed by atoms with Crippen LogP contribution in [-0.4, -0.2) is 56.7 Å². The first-order valence-electron chi connectivity index (χ1n) is 7.53. The Morgan fingerprint density at radius 3 is 2.50 bits per heavy atom. The zero-order valence-corrected chi connectivity index (χ0v) is 16.4. The molecule has 1 aliphatic rings. The number of nitro groups is 1. The molecule has 1 aromatic heterocycles. The molecule has 1 unspecified atom stereocenters. The molecule has 0 aromatic carbocycles. The van der Waals surface area contributed by atoms with E-state index in [0.29, 0.717) is 5.03 Å². The highest BCUT2D eigenvalue weighted by Gasteiger charge is 2.39. The number of carbonyl (C=O) groups is 3. The van der Waals surface area contributed by atoms with Crippen LogP contribution in [0.25, 0.3) is 0 Å². The van der Waals surface area contributed by atoms with E-state index in [1.165, 1.54) is 12.1 Å². The smallest absolute Gasteiger partial charge is 0.329 e. The Bertz CT molecular complexity index is 872. The monoisotopic (exact) mass is 451 g/mol. The normalized spacial score (nSPS) is 15.5. The summed E-state index contributed by atoms with van der Waals surface area (Å²) in [6.45, 7) is 0. The van der Waals surface area contributed by atoms with Crippen molar-refractivity contribution >= 4 is 55.2 Å². The van der Waals surface area contributed by atoms with Crippen LogP contribution in [0.5, 0.6) is 0 Å². The molecular weight excluding hydrogens is 438 g/mol. The minimum absolute atomic E-state index is 0.0464. The van der Waals surface area contributed by atoms with Gasteiger partial charge in [0.15, 0.2) is 5.25 Å². The van der Waals surface area contributed by atoms with Crippen LogP contribution in [-0.2, 0) is 29.3 Å². The number of carbonyl (C=O) groups excluding carboxylic acids is 3. The van der Waals surface area contributed by atoms with Crippen molar-refractivity contribution in [1.29, 1.82) is 0 Å². The van der Waals surface area contributed by atoms with Crippen LogP contribution in [0.15, 0.2) is 23.4 Å². The van der Waals surface area contributed by atoms with Crippen molar-refractivity contribution in [2.24, 2.45) is 0 Å². The summed E-state index contributed by atoms with van der Waals surface area (Å²) in [6.07, 6.45) is 0.388. The maximum absolute atomic E-state index is 12.0. The third-order valence-electron chi connectivity index (χ3n) is 3.35. The number of rotatable bonds is 9. The molecule has 0 saturated carbocycles.